The maximum atomic E-state index is 12.7. The number of rotatable bonds is 2. The van der Waals surface area contributed by atoms with Crippen LogP contribution in [0, 0.1) is 12.8 Å². The SMILES string of the molecule is CCn1nc(C(=O)N2CC[C@H]3NCCCC[C@H]3C2)cc1C. The number of carbonyl (C=O) groups excluding carboxylic acids is 1. The number of carbonyl (C=O) groups is 1. The topological polar surface area (TPSA) is 50.2 Å². The van der Waals surface area contributed by atoms with E-state index in [1.54, 1.807) is 0 Å². The fourth-order valence-corrected chi connectivity index (χ4v) is 3.69. The molecule has 2 aliphatic heterocycles. The number of fused-ring (bicyclic) bond motifs is 1. The molecule has 1 amide bonds. The van der Waals surface area contributed by atoms with Gasteiger partial charge in [0.05, 0.1) is 0 Å². The first-order valence-electron chi connectivity index (χ1n) is 8.26. The van der Waals surface area contributed by atoms with Crippen molar-refractivity contribution in [3.8, 4) is 0 Å². The number of hydrogen-bond acceptors (Lipinski definition) is 3. The normalized spacial score (nSPS) is 26.3. The molecular weight excluding hydrogens is 264 g/mol. The Hall–Kier alpha value is -1.36. The second-order valence-corrected chi connectivity index (χ2v) is 6.34. The molecule has 0 unspecified atom stereocenters. The number of piperidine rings is 1. The van der Waals surface area contributed by atoms with Crippen LogP contribution >= 0.6 is 0 Å². The molecule has 3 heterocycles. The van der Waals surface area contributed by atoms with Gasteiger partial charge in [-0.05, 0) is 51.6 Å². The van der Waals surface area contributed by atoms with Crippen LogP contribution in [0.25, 0.3) is 0 Å². The van der Waals surface area contributed by atoms with Crippen molar-refractivity contribution in [1.29, 1.82) is 0 Å². The zero-order chi connectivity index (χ0) is 14.8. The third-order valence-corrected chi connectivity index (χ3v) is 4.93. The van der Waals surface area contributed by atoms with Gasteiger partial charge in [-0.15, -0.1) is 0 Å². The zero-order valence-corrected chi connectivity index (χ0v) is 13.1. The van der Waals surface area contributed by atoms with Crippen molar-refractivity contribution in [2.24, 2.45) is 5.92 Å². The van der Waals surface area contributed by atoms with Crippen molar-refractivity contribution < 1.29 is 4.79 Å². The third-order valence-electron chi connectivity index (χ3n) is 4.93. The molecule has 1 aromatic rings. The Labute approximate surface area is 126 Å². The lowest BCUT2D eigenvalue weighted by atomic mass is 9.89. The zero-order valence-electron chi connectivity index (χ0n) is 13.1. The number of nitrogens with one attached hydrogen (secondary N) is 1. The number of amides is 1. The molecule has 5 nitrogen and oxygen atoms in total. The van der Waals surface area contributed by atoms with E-state index in [0.717, 1.165) is 38.3 Å². The summed E-state index contributed by atoms with van der Waals surface area (Å²) >= 11 is 0. The van der Waals surface area contributed by atoms with E-state index in [2.05, 4.69) is 17.3 Å². The van der Waals surface area contributed by atoms with Gasteiger partial charge in [0.1, 0.15) is 0 Å². The molecule has 2 fully saturated rings. The first kappa shape index (κ1) is 14.6. The minimum Gasteiger partial charge on any atom is -0.337 e. The van der Waals surface area contributed by atoms with Crippen LogP contribution in [-0.2, 0) is 6.54 Å². The van der Waals surface area contributed by atoms with Crippen LogP contribution < -0.4 is 5.32 Å². The minimum atomic E-state index is 0.105. The Morgan fingerprint density at radius 1 is 1.43 bits per heavy atom. The largest absolute Gasteiger partial charge is 0.337 e. The third kappa shape index (κ3) is 2.98. The van der Waals surface area contributed by atoms with Gasteiger partial charge in [0, 0.05) is 31.4 Å². The highest BCUT2D eigenvalue weighted by Gasteiger charge is 2.33. The Balaban J connectivity index is 1.70. The van der Waals surface area contributed by atoms with Gasteiger partial charge in [0.2, 0.25) is 0 Å². The Morgan fingerprint density at radius 2 is 2.29 bits per heavy atom. The summed E-state index contributed by atoms with van der Waals surface area (Å²) in [6.45, 7) is 7.74. The molecule has 2 atom stereocenters. The summed E-state index contributed by atoms with van der Waals surface area (Å²) < 4.78 is 1.90. The van der Waals surface area contributed by atoms with Gasteiger partial charge in [0.15, 0.2) is 5.69 Å². The van der Waals surface area contributed by atoms with Gasteiger partial charge < -0.3 is 10.2 Å². The number of aryl methyl sites for hydroxylation is 2. The molecule has 0 spiro atoms. The van der Waals surface area contributed by atoms with Crippen LogP contribution in [-0.4, -0.2) is 46.3 Å². The van der Waals surface area contributed by atoms with Gasteiger partial charge >= 0.3 is 0 Å². The van der Waals surface area contributed by atoms with Crippen LogP contribution in [0.4, 0.5) is 0 Å². The summed E-state index contributed by atoms with van der Waals surface area (Å²) in [5.74, 6) is 0.715. The quantitative estimate of drug-likeness (QED) is 0.904. The molecule has 1 aromatic heterocycles. The molecule has 2 saturated heterocycles. The lowest BCUT2D eigenvalue weighted by Gasteiger charge is -2.37. The maximum Gasteiger partial charge on any atom is 0.274 e. The molecule has 0 radical (unpaired) electrons. The van der Waals surface area contributed by atoms with E-state index >= 15 is 0 Å². The smallest absolute Gasteiger partial charge is 0.274 e. The van der Waals surface area contributed by atoms with Crippen molar-refractivity contribution in [1.82, 2.24) is 20.0 Å². The van der Waals surface area contributed by atoms with Crippen LogP contribution in [0.2, 0.25) is 0 Å². The van der Waals surface area contributed by atoms with Gasteiger partial charge in [-0.3, -0.25) is 9.48 Å². The highest BCUT2D eigenvalue weighted by atomic mass is 16.2. The average Bonchev–Trinajstić information content (AvgIpc) is 2.72. The molecular formula is C16H26N4O. The van der Waals surface area contributed by atoms with Crippen LogP contribution in [0.1, 0.15) is 48.8 Å². The molecule has 2 aliphatic rings. The molecule has 1 N–H and O–H groups in total. The second kappa shape index (κ2) is 6.18. The van der Waals surface area contributed by atoms with Crippen molar-refractivity contribution in [2.45, 2.75) is 52.1 Å². The standard InChI is InChI=1S/C16H26N4O/c1-3-20-12(2)10-15(18-20)16(21)19-9-7-14-13(11-19)6-4-5-8-17-14/h10,13-14,17H,3-9,11H2,1-2H3/t13-,14+/m0/s1. The monoisotopic (exact) mass is 290 g/mol. The van der Waals surface area contributed by atoms with Crippen LogP contribution in [0.15, 0.2) is 6.07 Å². The molecule has 0 aliphatic carbocycles. The average molecular weight is 290 g/mol. The summed E-state index contributed by atoms with van der Waals surface area (Å²) in [5, 5.41) is 8.08. The second-order valence-electron chi connectivity index (χ2n) is 6.34. The van der Waals surface area contributed by atoms with Crippen molar-refractivity contribution in [3.05, 3.63) is 17.5 Å². The van der Waals surface area contributed by atoms with Crippen LogP contribution in [0.5, 0.6) is 0 Å². The molecule has 116 valence electrons. The molecule has 0 saturated carbocycles. The fraction of sp³-hybridized carbons (Fsp3) is 0.750. The van der Waals surface area contributed by atoms with Crippen LogP contribution in [0.3, 0.4) is 0 Å². The summed E-state index contributed by atoms with van der Waals surface area (Å²) in [6, 6.07) is 2.52. The van der Waals surface area contributed by atoms with Gasteiger partial charge in [0.25, 0.3) is 5.91 Å². The van der Waals surface area contributed by atoms with E-state index in [9.17, 15) is 4.79 Å². The summed E-state index contributed by atoms with van der Waals surface area (Å²) in [5.41, 5.74) is 1.67. The Bertz CT molecular complexity index is 510. The first-order valence-corrected chi connectivity index (χ1v) is 8.26. The lowest BCUT2D eigenvalue weighted by molar-refractivity contribution is 0.0625. The first-order chi connectivity index (χ1) is 10.2. The molecule has 0 bridgehead atoms. The van der Waals surface area contributed by atoms with E-state index in [1.807, 2.05) is 22.6 Å². The predicted molar refractivity (Wildman–Crippen MR) is 82.3 cm³/mol. The summed E-state index contributed by atoms with van der Waals surface area (Å²) in [6.07, 6.45) is 4.86. The van der Waals surface area contributed by atoms with E-state index < -0.39 is 0 Å². The van der Waals surface area contributed by atoms with Gasteiger partial charge in [-0.2, -0.15) is 5.10 Å². The maximum absolute atomic E-state index is 12.7. The number of likely N-dealkylation sites (tertiary alicyclic amines) is 1. The van der Waals surface area contributed by atoms with Gasteiger partial charge in [-0.1, -0.05) is 6.42 Å². The van der Waals surface area contributed by atoms with Crippen molar-refractivity contribution >= 4 is 5.91 Å². The summed E-state index contributed by atoms with van der Waals surface area (Å²) in [4.78, 5) is 14.7. The molecule has 21 heavy (non-hydrogen) atoms. The number of aromatic nitrogens is 2. The molecule has 3 rings (SSSR count). The van der Waals surface area contributed by atoms with E-state index in [-0.39, 0.29) is 5.91 Å². The van der Waals surface area contributed by atoms with E-state index in [0.29, 0.717) is 17.7 Å². The highest BCUT2D eigenvalue weighted by molar-refractivity contribution is 5.92. The number of nitrogens with zero attached hydrogens (tertiary/aromatic N) is 3. The van der Waals surface area contributed by atoms with Crippen molar-refractivity contribution in [3.63, 3.8) is 0 Å². The fourth-order valence-electron chi connectivity index (χ4n) is 3.69. The van der Waals surface area contributed by atoms with E-state index in [4.69, 9.17) is 0 Å². The molecule has 0 aromatic carbocycles. The van der Waals surface area contributed by atoms with Gasteiger partial charge in [-0.25, -0.2) is 0 Å². The van der Waals surface area contributed by atoms with E-state index in [1.165, 1.54) is 19.3 Å². The number of hydrogen-bond donors (Lipinski definition) is 1. The lowest BCUT2D eigenvalue weighted by Crippen LogP contribution is -2.50. The highest BCUT2D eigenvalue weighted by Crippen LogP contribution is 2.25. The Kier molecular flexibility index (Phi) is 4.29. The molecule has 5 heteroatoms. The predicted octanol–water partition coefficient (Wildman–Crippen LogP) is 1.82. The Morgan fingerprint density at radius 3 is 3.05 bits per heavy atom. The summed E-state index contributed by atoms with van der Waals surface area (Å²) in [7, 11) is 0. The minimum absolute atomic E-state index is 0.105. The van der Waals surface area contributed by atoms with Crippen molar-refractivity contribution in [2.75, 3.05) is 19.6 Å².